The number of rotatable bonds is 1. The van der Waals surface area contributed by atoms with Crippen molar-refractivity contribution in [3.8, 4) is 0 Å². The third kappa shape index (κ3) is 3.99. The third-order valence-electron chi connectivity index (χ3n) is 0.228. The van der Waals surface area contributed by atoms with Crippen molar-refractivity contribution in [3.63, 3.8) is 0 Å². The first kappa shape index (κ1) is 4.99. The molecule has 0 unspecified atom stereocenters. The molecule has 0 saturated carbocycles. The standard InChI is InChI=1S/C3H5GeO/c4-2-1-3-5/h1H,2,4H2. The summed E-state index contributed by atoms with van der Waals surface area (Å²) in [4.78, 5) is 9.24. The Morgan fingerprint density at radius 2 is 2.60 bits per heavy atom. The van der Waals surface area contributed by atoms with Crippen LogP contribution >= 0.6 is 0 Å². The summed E-state index contributed by atoms with van der Waals surface area (Å²) in [7, 11) is 0. The molecule has 1 nitrogen and oxygen atoms in total. The van der Waals surface area contributed by atoms with E-state index in [1.165, 1.54) is 6.08 Å². The van der Waals surface area contributed by atoms with E-state index in [4.69, 9.17) is 0 Å². The third-order valence-corrected chi connectivity index (χ3v) is 0.833. The molecule has 1 radical (unpaired) electrons. The van der Waals surface area contributed by atoms with Crippen LogP contribution in [0.4, 0.5) is 0 Å². The van der Waals surface area contributed by atoms with Gasteiger partial charge in [-0.3, -0.25) is 0 Å². The van der Waals surface area contributed by atoms with Crippen LogP contribution in [0, 0.1) is 0 Å². The van der Waals surface area contributed by atoms with Crippen molar-refractivity contribution in [2.75, 3.05) is 0 Å². The summed E-state index contributed by atoms with van der Waals surface area (Å²) >= 11 is 1.16. The van der Waals surface area contributed by atoms with Crippen LogP contribution in [-0.4, -0.2) is 22.5 Å². The number of carbonyl (C=O) groups excluding carboxylic acids is 1. The van der Waals surface area contributed by atoms with E-state index in [-0.39, 0.29) is 0 Å². The number of hydrogen-bond donors (Lipinski definition) is 0. The second-order valence-corrected chi connectivity index (χ2v) is 1.82. The Balaban J connectivity index is 2.93. The fourth-order valence-corrected chi connectivity index (χ4v) is 0.306. The summed E-state index contributed by atoms with van der Waals surface area (Å²) in [6.45, 7) is 0. The molecule has 0 atom stereocenters. The van der Waals surface area contributed by atoms with E-state index in [2.05, 4.69) is 0 Å². The van der Waals surface area contributed by atoms with E-state index in [0.717, 1.165) is 21.8 Å². The molecule has 0 heterocycles. The Bertz CT molecular complexity index is 53.9. The van der Waals surface area contributed by atoms with Crippen LogP contribution in [0.2, 0.25) is 5.25 Å². The molecule has 0 aromatic carbocycles. The maximum atomic E-state index is 9.24. The first-order valence-electron chi connectivity index (χ1n) is 1.40. The van der Waals surface area contributed by atoms with Gasteiger partial charge in [0.05, 0.1) is 0 Å². The fourth-order valence-electron chi connectivity index (χ4n) is 0.0589. The van der Waals surface area contributed by atoms with Gasteiger partial charge in [-0.25, -0.2) is 0 Å². The molecule has 0 N–H and O–H groups in total. The molecular formula is C3H5GeO. The average molecular weight is 130 g/mol. The van der Waals surface area contributed by atoms with E-state index in [0.29, 0.717) is 0 Å². The summed E-state index contributed by atoms with van der Waals surface area (Å²) in [5, 5.41) is 0.920. The van der Waals surface area contributed by atoms with Gasteiger partial charge in [-0.15, -0.1) is 0 Å². The minimum absolute atomic E-state index is 0.920. The van der Waals surface area contributed by atoms with Gasteiger partial charge >= 0.3 is 38.6 Å². The van der Waals surface area contributed by atoms with Gasteiger partial charge in [0.15, 0.2) is 0 Å². The first-order chi connectivity index (χ1) is 2.41. The van der Waals surface area contributed by atoms with Crippen molar-refractivity contribution in [2.24, 2.45) is 0 Å². The fraction of sp³-hybridized carbons (Fsp3) is 0.333. The van der Waals surface area contributed by atoms with Gasteiger partial charge in [0.1, 0.15) is 0 Å². The van der Waals surface area contributed by atoms with Gasteiger partial charge in [-0.05, 0) is 0 Å². The monoisotopic (exact) mass is 131 g/mol. The normalized spacial score (nSPS) is 5.80. The average Bonchev–Trinajstić information content (AvgIpc) is 1.41. The molecule has 0 fully saturated rings. The molecule has 0 saturated heterocycles. The Labute approximate surface area is 39.3 Å². The zero-order valence-corrected chi connectivity index (χ0v) is 5.87. The second kappa shape index (κ2) is 3.99. The summed E-state index contributed by atoms with van der Waals surface area (Å²) in [6, 6.07) is 0. The molecule has 2 heteroatoms. The van der Waals surface area contributed by atoms with Crippen LogP contribution in [0.25, 0.3) is 0 Å². The molecular weight excluding hydrogens is 125 g/mol. The molecule has 0 aliphatic heterocycles. The Hall–Kier alpha value is -0.00714. The molecule has 0 spiro atoms. The zero-order chi connectivity index (χ0) is 4.12. The SMILES string of the molecule is O=C=C[CH2][GeH2]. The van der Waals surface area contributed by atoms with Gasteiger partial charge in [0.2, 0.25) is 0 Å². The van der Waals surface area contributed by atoms with Gasteiger partial charge in [-0.1, -0.05) is 0 Å². The quantitative estimate of drug-likeness (QED) is 0.342. The predicted octanol–water partition coefficient (Wildman–Crippen LogP) is -0.574. The summed E-state index contributed by atoms with van der Waals surface area (Å²) in [6.07, 6.45) is 1.50. The van der Waals surface area contributed by atoms with Crippen LogP contribution in [0.1, 0.15) is 0 Å². The van der Waals surface area contributed by atoms with E-state index in [1.54, 1.807) is 5.94 Å². The zero-order valence-electron chi connectivity index (χ0n) is 2.90. The topological polar surface area (TPSA) is 17.1 Å². The van der Waals surface area contributed by atoms with Crippen LogP contribution in [0.3, 0.4) is 0 Å². The molecule has 0 amide bonds. The number of allylic oxidation sites excluding steroid dienone is 1. The van der Waals surface area contributed by atoms with Crippen molar-refractivity contribution in [3.05, 3.63) is 6.08 Å². The van der Waals surface area contributed by atoms with E-state index >= 15 is 0 Å². The van der Waals surface area contributed by atoms with Crippen molar-refractivity contribution in [1.29, 1.82) is 0 Å². The van der Waals surface area contributed by atoms with Crippen LogP contribution < -0.4 is 0 Å². The first-order valence-corrected chi connectivity index (χ1v) is 3.50. The second-order valence-electron chi connectivity index (χ2n) is 0.611. The van der Waals surface area contributed by atoms with E-state index in [1.807, 2.05) is 0 Å². The van der Waals surface area contributed by atoms with Crippen molar-refractivity contribution < 1.29 is 4.79 Å². The maximum absolute atomic E-state index is 9.24. The van der Waals surface area contributed by atoms with Crippen LogP contribution in [-0.2, 0) is 4.79 Å². The van der Waals surface area contributed by atoms with Crippen molar-refractivity contribution in [1.82, 2.24) is 0 Å². The Morgan fingerprint density at radius 1 is 2.00 bits per heavy atom. The van der Waals surface area contributed by atoms with Gasteiger partial charge in [0.25, 0.3) is 0 Å². The van der Waals surface area contributed by atoms with Gasteiger partial charge in [-0.2, -0.15) is 0 Å². The summed E-state index contributed by atoms with van der Waals surface area (Å²) in [5.41, 5.74) is 0. The molecule has 0 aromatic rings. The molecule has 27 valence electrons. The van der Waals surface area contributed by atoms with Crippen molar-refractivity contribution in [2.45, 2.75) is 5.25 Å². The van der Waals surface area contributed by atoms with Gasteiger partial charge in [0, 0.05) is 0 Å². The Kier molecular flexibility index (Phi) is 3.99. The molecule has 0 aromatic heterocycles. The van der Waals surface area contributed by atoms with E-state index in [9.17, 15) is 4.79 Å². The van der Waals surface area contributed by atoms with Crippen LogP contribution in [0.15, 0.2) is 6.08 Å². The van der Waals surface area contributed by atoms with Crippen molar-refractivity contribution >= 4 is 22.5 Å². The van der Waals surface area contributed by atoms with Crippen LogP contribution in [0.5, 0.6) is 0 Å². The Morgan fingerprint density at radius 3 is 2.60 bits per heavy atom. The number of hydrogen-bond acceptors (Lipinski definition) is 1. The minimum atomic E-state index is 0.920. The summed E-state index contributed by atoms with van der Waals surface area (Å²) < 4.78 is 0. The summed E-state index contributed by atoms with van der Waals surface area (Å²) in [5.74, 6) is 1.67. The van der Waals surface area contributed by atoms with Gasteiger partial charge < -0.3 is 0 Å². The van der Waals surface area contributed by atoms with E-state index < -0.39 is 0 Å². The predicted molar refractivity (Wildman–Crippen MR) is 23.6 cm³/mol. The molecule has 5 heavy (non-hydrogen) atoms. The molecule has 0 aliphatic rings. The molecule has 0 aliphatic carbocycles. The molecule has 0 bridgehead atoms. The molecule has 0 rings (SSSR count).